The van der Waals surface area contributed by atoms with E-state index in [-0.39, 0.29) is 12.6 Å². The van der Waals surface area contributed by atoms with Crippen LogP contribution in [-0.2, 0) is 16.1 Å². The number of nitrogens with zero attached hydrogens (tertiary/aromatic N) is 2. The predicted octanol–water partition coefficient (Wildman–Crippen LogP) is 5.26. The molecule has 3 aromatic carbocycles. The molecule has 7 heteroatoms. The van der Waals surface area contributed by atoms with E-state index in [0.717, 1.165) is 28.1 Å². The van der Waals surface area contributed by atoms with E-state index in [1.165, 1.54) is 0 Å². The zero-order valence-electron chi connectivity index (χ0n) is 20.7. The molecule has 0 amide bonds. The molecule has 1 N–H and O–H groups in total. The fourth-order valence-electron chi connectivity index (χ4n) is 4.68. The van der Waals surface area contributed by atoms with Crippen molar-refractivity contribution in [3.63, 3.8) is 0 Å². The van der Waals surface area contributed by atoms with Crippen molar-refractivity contribution in [1.82, 2.24) is 9.88 Å². The van der Waals surface area contributed by atoms with Crippen LogP contribution >= 0.6 is 0 Å². The third-order valence-electron chi connectivity index (χ3n) is 6.34. The van der Waals surface area contributed by atoms with Gasteiger partial charge in [-0.05, 0) is 31.0 Å². The average molecular weight is 499 g/mol. The van der Waals surface area contributed by atoms with Crippen LogP contribution in [0.15, 0.2) is 89.3 Å². The van der Waals surface area contributed by atoms with Crippen molar-refractivity contribution in [2.75, 3.05) is 19.8 Å². The zero-order chi connectivity index (χ0) is 25.6. The van der Waals surface area contributed by atoms with Crippen molar-refractivity contribution in [2.45, 2.75) is 32.0 Å². The molecule has 1 aliphatic rings. The van der Waals surface area contributed by atoms with Crippen LogP contribution in [0.1, 0.15) is 30.8 Å². The van der Waals surface area contributed by atoms with E-state index in [2.05, 4.69) is 4.90 Å². The van der Waals surface area contributed by atoms with Gasteiger partial charge in [0.2, 0.25) is 5.89 Å². The van der Waals surface area contributed by atoms with Gasteiger partial charge in [0.25, 0.3) is 0 Å². The van der Waals surface area contributed by atoms with Gasteiger partial charge in [-0.1, -0.05) is 72.8 Å². The first-order chi connectivity index (χ1) is 18.1. The van der Waals surface area contributed by atoms with Gasteiger partial charge in [0.15, 0.2) is 12.4 Å². The van der Waals surface area contributed by atoms with Crippen LogP contribution < -0.4 is 4.74 Å². The third kappa shape index (κ3) is 5.90. The number of carbonyl (C=O) groups excluding carboxylic acids is 1. The molecular weight excluding hydrogens is 468 g/mol. The normalized spacial score (nSPS) is 17.6. The van der Waals surface area contributed by atoms with Crippen LogP contribution in [0.5, 0.6) is 5.75 Å². The Balaban J connectivity index is 1.40. The fourth-order valence-corrected chi connectivity index (χ4v) is 4.68. The highest BCUT2D eigenvalue weighted by atomic mass is 16.6. The summed E-state index contributed by atoms with van der Waals surface area (Å²) in [6.45, 7) is 3.02. The summed E-state index contributed by atoms with van der Waals surface area (Å²) in [5.41, 5.74) is 3.72. The van der Waals surface area contributed by atoms with Crippen molar-refractivity contribution >= 4 is 5.97 Å². The largest absolute Gasteiger partial charge is 0.482 e. The van der Waals surface area contributed by atoms with Crippen LogP contribution in [0.25, 0.3) is 22.6 Å². The molecule has 0 bridgehead atoms. The molecule has 4 aromatic rings. The first kappa shape index (κ1) is 24.7. The van der Waals surface area contributed by atoms with E-state index in [9.17, 15) is 9.90 Å². The SMILES string of the molecule is CCOC(=O)COc1cccc(CN2C[C@@H](O)C[C@@H]2c2nc(-c3ccccc3)c(-c3ccccc3)o2)c1. The van der Waals surface area contributed by atoms with Gasteiger partial charge < -0.3 is 19.0 Å². The topological polar surface area (TPSA) is 85.0 Å². The van der Waals surface area contributed by atoms with E-state index >= 15 is 0 Å². The molecule has 2 atom stereocenters. The minimum atomic E-state index is -0.486. The van der Waals surface area contributed by atoms with Crippen molar-refractivity contribution in [1.29, 1.82) is 0 Å². The molecule has 37 heavy (non-hydrogen) atoms. The highest BCUT2D eigenvalue weighted by Gasteiger charge is 2.36. The fraction of sp³-hybridized carbons (Fsp3) is 0.267. The van der Waals surface area contributed by atoms with Gasteiger partial charge in [-0.15, -0.1) is 0 Å². The minimum absolute atomic E-state index is 0.136. The molecule has 1 aromatic heterocycles. The Hall–Kier alpha value is -3.94. The number of rotatable bonds is 9. The van der Waals surface area contributed by atoms with Crippen LogP contribution in [0, 0.1) is 0 Å². The number of oxazole rings is 1. The molecule has 1 saturated heterocycles. The second-order valence-electron chi connectivity index (χ2n) is 9.04. The monoisotopic (exact) mass is 498 g/mol. The molecule has 0 radical (unpaired) electrons. The first-order valence-electron chi connectivity index (χ1n) is 12.5. The number of ether oxygens (including phenoxy) is 2. The van der Waals surface area contributed by atoms with Crippen molar-refractivity contribution < 1.29 is 23.8 Å². The molecular formula is C30H30N2O5. The lowest BCUT2D eigenvalue weighted by atomic mass is 10.1. The maximum Gasteiger partial charge on any atom is 0.344 e. The minimum Gasteiger partial charge on any atom is -0.482 e. The number of hydrogen-bond acceptors (Lipinski definition) is 7. The lowest BCUT2D eigenvalue weighted by Gasteiger charge is -2.22. The smallest absolute Gasteiger partial charge is 0.344 e. The highest BCUT2D eigenvalue weighted by Crippen LogP contribution is 2.39. The lowest BCUT2D eigenvalue weighted by Crippen LogP contribution is -2.24. The lowest BCUT2D eigenvalue weighted by molar-refractivity contribution is -0.145. The van der Waals surface area contributed by atoms with Gasteiger partial charge in [0.1, 0.15) is 11.4 Å². The second kappa shape index (κ2) is 11.4. The molecule has 2 heterocycles. The Kier molecular flexibility index (Phi) is 7.63. The van der Waals surface area contributed by atoms with Gasteiger partial charge in [0.05, 0.1) is 18.8 Å². The Bertz CT molecular complexity index is 1270. The number of aliphatic hydroxyl groups is 1. The summed E-state index contributed by atoms with van der Waals surface area (Å²) in [6, 6.07) is 27.4. The number of carbonyl (C=O) groups is 1. The Morgan fingerprint density at radius 1 is 1.03 bits per heavy atom. The van der Waals surface area contributed by atoms with Crippen molar-refractivity contribution in [3.8, 4) is 28.3 Å². The standard InChI is InChI=1S/C30H30N2O5/c1-2-35-27(34)20-36-25-15-9-10-21(16-25)18-32-19-24(33)17-26(32)30-31-28(22-11-5-3-6-12-22)29(37-30)23-13-7-4-8-14-23/h3-16,24,26,33H,2,17-20H2,1H3/t24-,26+/m0/s1. The van der Waals surface area contributed by atoms with Crippen LogP contribution in [0.4, 0.5) is 0 Å². The quantitative estimate of drug-likeness (QED) is 0.315. The number of aromatic nitrogens is 1. The number of likely N-dealkylation sites (tertiary alicyclic amines) is 1. The summed E-state index contributed by atoms with van der Waals surface area (Å²) in [5.74, 6) is 1.50. The number of esters is 1. The first-order valence-corrected chi connectivity index (χ1v) is 12.5. The Labute approximate surface area is 216 Å². The van der Waals surface area contributed by atoms with Crippen molar-refractivity contribution in [3.05, 3.63) is 96.4 Å². The molecule has 0 spiro atoms. The molecule has 1 fully saturated rings. The summed E-state index contributed by atoms with van der Waals surface area (Å²) in [7, 11) is 0. The zero-order valence-corrected chi connectivity index (χ0v) is 20.7. The summed E-state index contributed by atoms with van der Waals surface area (Å²) >= 11 is 0. The Morgan fingerprint density at radius 3 is 2.49 bits per heavy atom. The van der Waals surface area contributed by atoms with Gasteiger partial charge in [-0.3, -0.25) is 4.90 Å². The average Bonchev–Trinajstić information content (AvgIpc) is 3.52. The van der Waals surface area contributed by atoms with Gasteiger partial charge >= 0.3 is 5.97 Å². The number of aliphatic hydroxyl groups excluding tert-OH is 1. The summed E-state index contributed by atoms with van der Waals surface area (Å²) in [6.07, 6.45) is 0.0441. The highest BCUT2D eigenvalue weighted by molar-refractivity contribution is 5.76. The molecule has 0 unspecified atom stereocenters. The van der Waals surface area contributed by atoms with Crippen LogP contribution in [-0.4, -0.2) is 46.8 Å². The van der Waals surface area contributed by atoms with Crippen LogP contribution in [0.3, 0.4) is 0 Å². The number of β-amino-alcohol motifs (C(OH)–C–C–N with tert-alkyl or cyclic N) is 1. The van der Waals surface area contributed by atoms with E-state index in [1.54, 1.807) is 6.92 Å². The van der Waals surface area contributed by atoms with Gasteiger partial charge in [-0.25, -0.2) is 9.78 Å². The van der Waals surface area contributed by atoms with Crippen LogP contribution in [0.2, 0.25) is 0 Å². The molecule has 7 nitrogen and oxygen atoms in total. The molecule has 0 saturated carbocycles. The Morgan fingerprint density at radius 2 is 1.76 bits per heavy atom. The number of hydrogen-bond donors (Lipinski definition) is 1. The van der Waals surface area contributed by atoms with E-state index in [0.29, 0.717) is 37.8 Å². The van der Waals surface area contributed by atoms with E-state index in [1.807, 2.05) is 84.9 Å². The second-order valence-corrected chi connectivity index (χ2v) is 9.04. The predicted molar refractivity (Wildman–Crippen MR) is 140 cm³/mol. The number of benzene rings is 3. The molecule has 0 aliphatic carbocycles. The molecule has 1 aliphatic heterocycles. The third-order valence-corrected chi connectivity index (χ3v) is 6.34. The molecule has 190 valence electrons. The molecule has 5 rings (SSSR count). The van der Waals surface area contributed by atoms with E-state index < -0.39 is 12.1 Å². The van der Waals surface area contributed by atoms with E-state index in [4.69, 9.17) is 18.9 Å². The summed E-state index contributed by atoms with van der Waals surface area (Å²) < 4.78 is 17.0. The summed E-state index contributed by atoms with van der Waals surface area (Å²) in [5, 5.41) is 10.6. The van der Waals surface area contributed by atoms with Crippen molar-refractivity contribution in [2.24, 2.45) is 0 Å². The maximum atomic E-state index is 11.6. The van der Waals surface area contributed by atoms with Gasteiger partial charge in [0, 0.05) is 24.2 Å². The maximum absolute atomic E-state index is 11.6. The van der Waals surface area contributed by atoms with Gasteiger partial charge in [-0.2, -0.15) is 0 Å². The summed E-state index contributed by atoms with van der Waals surface area (Å²) in [4.78, 5) is 18.8.